The maximum atomic E-state index is 10.7. The van der Waals surface area contributed by atoms with Gasteiger partial charge in [0, 0.05) is 18.7 Å². The molecule has 0 aromatic heterocycles. The third-order valence-corrected chi connectivity index (χ3v) is 4.15. The van der Waals surface area contributed by atoms with Gasteiger partial charge in [0.2, 0.25) is 0 Å². The minimum atomic E-state index is -0.955. The van der Waals surface area contributed by atoms with Gasteiger partial charge in [-0.25, -0.2) is 4.79 Å². The molecule has 1 heterocycles. The Bertz CT molecular complexity index is 684. The molecule has 1 N–H and O–H groups in total. The summed E-state index contributed by atoms with van der Waals surface area (Å²) >= 11 is 0. The summed E-state index contributed by atoms with van der Waals surface area (Å²) in [5.41, 5.74) is 3.85. The van der Waals surface area contributed by atoms with Crippen LogP contribution >= 0.6 is 0 Å². The zero-order valence-corrected chi connectivity index (χ0v) is 13.1. The van der Waals surface area contributed by atoms with Crippen molar-refractivity contribution in [2.24, 2.45) is 0 Å². The molecule has 120 valence electrons. The van der Waals surface area contributed by atoms with Gasteiger partial charge in [-0.2, -0.15) is 0 Å². The zero-order chi connectivity index (χ0) is 16.1. The first-order valence-corrected chi connectivity index (χ1v) is 7.94. The Kier molecular flexibility index (Phi) is 4.93. The van der Waals surface area contributed by atoms with Crippen LogP contribution in [0.2, 0.25) is 0 Å². The second-order valence-electron chi connectivity index (χ2n) is 5.87. The average Bonchev–Trinajstić information content (AvgIpc) is 2.75. The summed E-state index contributed by atoms with van der Waals surface area (Å²) in [5.74, 6) is -0.295. The molecule has 3 rings (SSSR count). The average molecular weight is 311 g/mol. The van der Waals surface area contributed by atoms with Crippen LogP contribution in [0.15, 0.2) is 48.5 Å². The van der Waals surface area contributed by atoms with E-state index >= 15 is 0 Å². The van der Waals surface area contributed by atoms with Crippen LogP contribution in [0, 0.1) is 0 Å². The Labute approximate surface area is 136 Å². The third kappa shape index (κ3) is 4.11. The van der Waals surface area contributed by atoms with E-state index in [9.17, 15) is 4.79 Å². The summed E-state index contributed by atoms with van der Waals surface area (Å²) in [6, 6.07) is 16.3. The number of nitrogens with zero attached hydrogens (tertiary/aromatic N) is 1. The molecule has 0 aliphatic carbocycles. The molecule has 1 aliphatic heterocycles. The number of aryl methyl sites for hydroxylation is 1. The number of fused-ring (bicyclic) bond motifs is 1. The topological polar surface area (TPSA) is 49.8 Å². The second kappa shape index (κ2) is 7.29. The molecule has 0 fully saturated rings. The Morgan fingerprint density at radius 2 is 1.83 bits per heavy atom. The zero-order valence-electron chi connectivity index (χ0n) is 13.1. The van der Waals surface area contributed by atoms with Gasteiger partial charge in [0.25, 0.3) is 0 Å². The summed E-state index contributed by atoms with van der Waals surface area (Å²) in [5, 5.41) is 8.80. The van der Waals surface area contributed by atoms with Crippen LogP contribution in [-0.4, -0.2) is 29.1 Å². The number of hydrogen-bond donors (Lipinski definition) is 1. The molecule has 0 radical (unpaired) electrons. The normalized spacial score (nSPS) is 14.8. The van der Waals surface area contributed by atoms with Crippen molar-refractivity contribution < 1.29 is 14.6 Å². The third-order valence-electron chi connectivity index (χ3n) is 4.15. The van der Waals surface area contributed by atoms with Crippen LogP contribution in [0.3, 0.4) is 0 Å². The lowest BCUT2D eigenvalue weighted by Crippen LogP contribution is -2.23. The molecule has 4 nitrogen and oxygen atoms in total. The fourth-order valence-corrected chi connectivity index (χ4v) is 3.06. The number of ether oxygens (including phenoxy) is 1. The summed E-state index contributed by atoms with van der Waals surface area (Å²) in [4.78, 5) is 13.1. The molecule has 23 heavy (non-hydrogen) atoms. The summed E-state index contributed by atoms with van der Waals surface area (Å²) in [6.07, 6.45) is 2.25. The number of rotatable bonds is 5. The van der Waals surface area contributed by atoms with Crippen molar-refractivity contribution in [2.75, 3.05) is 13.2 Å². The van der Waals surface area contributed by atoms with Crippen molar-refractivity contribution in [1.29, 1.82) is 0 Å². The number of para-hydroxylation sites is 1. The van der Waals surface area contributed by atoms with E-state index in [1.807, 2.05) is 24.3 Å². The van der Waals surface area contributed by atoms with Crippen molar-refractivity contribution in [3.05, 3.63) is 65.2 Å². The number of benzene rings is 2. The molecule has 0 saturated carbocycles. The highest BCUT2D eigenvalue weighted by atomic mass is 16.5. The fourth-order valence-electron chi connectivity index (χ4n) is 3.06. The molecule has 0 amide bonds. The highest BCUT2D eigenvalue weighted by molar-refractivity contribution is 5.68. The van der Waals surface area contributed by atoms with Crippen LogP contribution in [0.25, 0.3) is 0 Å². The number of carboxylic acids is 1. The Morgan fingerprint density at radius 3 is 2.65 bits per heavy atom. The van der Waals surface area contributed by atoms with E-state index in [0.717, 1.165) is 38.0 Å². The van der Waals surface area contributed by atoms with Crippen molar-refractivity contribution >= 4 is 5.97 Å². The van der Waals surface area contributed by atoms with Gasteiger partial charge in [0.1, 0.15) is 5.75 Å². The van der Waals surface area contributed by atoms with E-state index < -0.39 is 5.97 Å². The van der Waals surface area contributed by atoms with Crippen LogP contribution in [0.5, 0.6) is 5.75 Å². The van der Waals surface area contributed by atoms with Crippen LogP contribution in [0.1, 0.15) is 23.1 Å². The number of aliphatic carboxylic acids is 1. The molecule has 0 bridgehead atoms. The van der Waals surface area contributed by atoms with Gasteiger partial charge in [-0.05, 0) is 36.6 Å². The summed E-state index contributed by atoms with van der Waals surface area (Å²) in [7, 11) is 0. The Balaban J connectivity index is 1.73. The first kappa shape index (κ1) is 15.6. The molecule has 0 atom stereocenters. The van der Waals surface area contributed by atoms with Crippen LogP contribution in [0.4, 0.5) is 0 Å². The SMILES string of the molecule is O=C(O)COc1ccccc1CN1CCCc2ccccc2C1. The van der Waals surface area contributed by atoms with Gasteiger partial charge in [-0.15, -0.1) is 0 Å². The second-order valence-corrected chi connectivity index (χ2v) is 5.87. The maximum Gasteiger partial charge on any atom is 0.341 e. The molecule has 4 heteroatoms. The van der Waals surface area contributed by atoms with E-state index in [1.54, 1.807) is 0 Å². The lowest BCUT2D eigenvalue weighted by Gasteiger charge is -2.22. The fraction of sp³-hybridized carbons (Fsp3) is 0.316. The van der Waals surface area contributed by atoms with Gasteiger partial charge in [-0.3, -0.25) is 4.90 Å². The smallest absolute Gasteiger partial charge is 0.341 e. The maximum absolute atomic E-state index is 10.7. The van der Waals surface area contributed by atoms with Gasteiger partial charge in [0.05, 0.1) is 0 Å². The summed E-state index contributed by atoms with van der Waals surface area (Å²) < 4.78 is 5.41. The molecule has 0 unspecified atom stereocenters. The standard InChI is InChI=1S/C19H21NO3/c21-19(22)14-23-18-10-4-3-8-17(18)13-20-11-5-9-15-6-1-2-7-16(15)12-20/h1-4,6-8,10H,5,9,11-14H2,(H,21,22). The number of carboxylic acid groups (broad SMARTS) is 1. The number of carbonyl (C=O) groups is 1. The van der Waals surface area contributed by atoms with Crippen LogP contribution in [-0.2, 0) is 24.3 Å². The molecular formula is C19H21NO3. The number of hydrogen-bond acceptors (Lipinski definition) is 3. The predicted molar refractivity (Wildman–Crippen MR) is 88.4 cm³/mol. The van der Waals surface area contributed by atoms with Gasteiger partial charge in [0.15, 0.2) is 6.61 Å². The van der Waals surface area contributed by atoms with E-state index in [-0.39, 0.29) is 6.61 Å². The molecule has 0 saturated heterocycles. The van der Waals surface area contributed by atoms with E-state index in [1.165, 1.54) is 11.1 Å². The highest BCUT2D eigenvalue weighted by Gasteiger charge is 2.16. The van der Waals surface area contributed by atoms with Crippen molar-refractivity contribution in [3.8, 4) is 5.75 Å². The molecular weight excluding hydrogens is 290 g/mol. The highest BCUT2D eigenvalue weighted by Crippen LogP contribution is 2.24. The minimum Gasteiger partial charge on any atom is -0.482 e. The Hall–Kier alpha value is -2.33. The van der Waals surface area contributed by atoms with Crippen molar-refractivity contribution in [2.45, 2.75) is 25.9 Å². The van der Waals surface area contributed by atoms with E-state index in [0.29, 0.717) is 5.75 Å². The lowest BCUT2D eigenvalue weighted by atomic mass is 10.0. The van der Waals surface area contributed by atoms with E-state index in [2.05, 4.69) is 29.2 Å². The lowest BCUT2D eigenvalue weighted by molar-refractivity contribution is -0.139. The first-order valence-electron chi connectivity index (χ1n) is 7.94. The largest absolute Gasteiger partial charge is 0.482 e. The van der Waals surface area contributed by atoms with E-state index in [4.69, 9.17) is 9.84 Å². The molecule has 2 aromatic carbocycles. The molecule has 1 aliphatic rings. The molecule has 0 spiro atoms. The minimum absolute atomic E-state index is 0.306. The van der Waals surface area contributed by atoms with Gasteiger partial charge < -0.3 is 9.84 Å². The quantitative estimate of drug-likeness (QED) is 0.922. The van der Waals surface area contributed by atoms with Crippen molar-refractivity contribution in [1.82, 2.24) is 4.90 Å². The van der Waals surface area contributed by atoms with Crippen molar-refractivity contribution in [3.63, 3.8) is 0 Å². The van der Waals surface area contributed by atoms with Gasteiger partial charge in [-0.1, -0.05) is 42.5 Å². The Morgan fingerprint density at radius 1 is 1.09 bits per heavy atom. The first-order chi connectivity index (χ1) is 11.2. The summed E-state index contributed by atoms with van der Waals surface area (Å²) in [6.45, 7) is 2.41. The van der Waals surface area contributed by atoms with Crippen LogP contribution < -0.4 is 4.74 Å². The predicted octanol–water partition coefficient (Wildman–Crippen LogP) is 3.10. The molecule has 2 aromatic rings. The monoisotopic (exact) mass is 311 g/mol. The van der Waals surface area contributed by atoms with Gasteiger partial charge >= 0.3 is 5.97 Å².